The number of halogens is 1. The predicted octanol–water partition coefficient (Wildman–Crippen LogP) is 1.07. The Morgan fingerprint density at radius 1 is 1.56 bits per heavy atom. The van der Waals surface area contributed by atoms with Crippen molar-refractivity contribution in [2.24, 2.45) is 0 Å². The lowest BCUT2D eigenvalue weighted by Gasteiger charge is -2.23. The van der Waals surface area contributed by atoms with Crippen molar-refractivity contribution in [3.8, 4) is 6.07 Å². The van der Waals surface area contributed by atoms with Crippen LogP contribution in [0.3, 0.4) is 0 Å². The van der Waals surface area contributed by atoms with Crippen molar-refractivity contribution in [3.63, 3.8) is 0 Å². The first kappa shape index (κ1) is 12.5. The number of benzene rings is 1. The monoisotopic (exact) mass is 247 g/mol. The van der Waals surface area contributed by atoms with E-state index in [1.807, 2.05) is 6.07 Å². The van der Waals surface area contributed by atoms with Gasteiger partial charge in [-0.2, -0.15) is 5.26 Å². The molecule has 1 saturated heterocycles. The van der Waals surface area contributed by atoms with E-state index in [4.69, 9.17) is 5.26 Å². The molecule has 4 nitrogen and oxygen atoms in total. The summed E-state index contributed by atoms with van der Waals surface area (Å²) in [6.07, 6.45) is 1.25. The SMILES string of the molecule is N#Cc1ccc(F)c(CNC2CCC(=O)NC2)c1. The standard InChI is InChI=1S/C13H14FN3O/c14-12-3-1-9(6-15)5-10(12)7-16-11-2-4-13(18)17-8-11/h1,3,5,11,16H,2,4,7-8H2,(H,17,18). The maximum atomic E-state index is 13.5. The molecule has 0 spiro atoms. The minimum atomic E-state index is -0.318. The molecule has 1 unspecified atom stereocenters. The highest BCUT2D eigenvalue weighted by atomic mass is 19.1. The Balaban J connectivity index is 1.94. The normalized spacial score (nSPS) is 19.1. The average Bonchev–Trinajstić information content (AvgIpc) is 2.40. The number of hydrogen-bond acceptors (Lipinski definition) is 3. The number of amides is 1. The first-order valence-corrected chi connectivity index (χ1v) is 5.87. The predicted molar refractivity (Wildman–Crippen MR) is 64.0 cm³/mol. The highest BCUT2D eigenvalue weighted by Gasteiger charge is 2.17. The summed E-state index contributed by atoms with van der Waals surface area (Å²) < 4.78 is 13.5. The Morgan fingerprint density at radius 2 is 2.39 bits per heavy atom. The van der Waals surface area contributed by atoms with Gasteiger partial charge in [-0.15, -0.1) is 0 Å². The summed E-state index contributed by atoms with van der Waals surface area (Å²) in [5.41, 5.74) is 0.927. The Bertz CT molecular complexity index is 485. The highest BCUT2D eigenvalue weighted by Crippen LogP contribution is 2.11. The Kier molecular flexibility index (Phi) is 3.90. The second-order valence-electron chi connectivity index (χ2n) is 4.34. The van der Waals surface area contributed by atoms with Crippen LogP contribution in [-0.4, -0.2) is 18.5 Å². The smallest absolute Gasteiger partial charge is 0.220 e. The van der Waals surface area contributed by atoms with Gasteiger partial charge in [-0.25, -0.2) is 4.39 Å². The molecule has 1 fully saturated rings. The first-order chi connectivity index (χ1) is 8.69. The van der Waals surface area contributed by atoms with E-state index in [0.29, 0.717) is 30.6 Å². The fourth-order valence-corrected chi connectivity index (χ4v) is 1.94. The van der Waals surface area contributed by atoms with Crippen molar-refractivity contribution in [1.29, 1.82) is 5.26 Å². The largest absolute Gasteiger partial charge is 0.355 e. The summed E-state index contributed by atoms with van der Waals surface area (Å²) in [5, 5.41) is 14.7. The zero-order chi connectivity index (χ0) is 13.0. The van der Waals surface area contributed by atoms with Crippen molar-refractivity contribution < 1.29 is 9.18 Å². The number of nitriles is 1. The van der Waals surface area contributed by atoms with E-state index < -0.39 is 0 Å². The maximum Gasteiger partial charge on any atom is 0.220 e. The van der Waals surface area contributed by atoms with E-state index in [-0.39, 0.29) is 17.8 Å². The molecule has 1 aliphatic heterocycles. The molecule has 0 saturated carbocycles. The van der Waals surface area contributed by atoms with Gasteiger partial charge in [0.1, 0.15) is 5.82 Å². The number of carbonyl (C=O) groups is 1. The second kappa shape index (κ2) is 5.61. The van der Waals surface area contributed by atoms with Crippen LogP contribution in [0.15, 0.2) is 18.2 Å². The molecule has 1 aliphatic rings. The van der Waals surface area contributed by atoms with Crippen LogP contribution in [0, 0.1) is 17.1 Å². The van der Waals surface area contributed by atoms with Crippen molar-refractivity contribution in [1.82, 2.24) is 10.6 Å². The molecule has 0 radical (unpaired) electrons. The van der Waals surface area contributed by atoms with Crippen molar-refractivity contribution in [2.45, 2.75) is 25.4 Å². The van der Waals surface area contributed by atoms with Gasteiger partial charge in [0.05, 0.1) is 11.6 Å². The van der Waals surface area contributed by atoms with Gasteiger partial charge in [-0.3, -0.25) is 4.79 Å². The molecular weight excluding hydrogens is 233 g/mol. The number of carbonyl (C=O) groups excluding carboxylic acids is 1. The van der Waals surface area contributed by atoms with Gasteiger partial charge in [0.2, 0.25) is 5.91 Å². The number of nitrogens with zero attached hydrogens (tertiary/aromatic N) is 1. The Hall–Kier alpha value is -1.93. The Morgan fingerprint density at radius 3 is 3.06 bits per heavy atom. The van der Waals surface area contributed by atoms with Gasteiger partial charge < -0.3 is 10.6 Å². The fraction of sp³-hybridized carbons (Fsp3) is 0.385. The number of rotatable bonds is 3. The summed E-state index contributed by atoms with van der Waals surface area (Å²) in [5.74, 6) is -0.257. The van der Waals surface area contributed by atoms with Crippen LogP contribution in [0.5, 0.6) is 0 Å². The second-order valence-corrected chi connectivity index (χ2v) is 4.34. The number of nitrogens with one attached hydrogen (secondary N) is 2. The van der Waals surface area contributed by atoms with Gasteiger partial charge in [0, 0.05) is 31.1 Å². The van der Waals surface area contributed by atoms with Crippen LogP contribution in [0.4, 0.5) is 4.39 Å². The zero-order valence-corrected chi connectivity index (χ0v) is 9.87. The molecule has 18 heavy (non-hydrogen) atoms. The van der Waals surface area contributed by atoms with Crippen molar-refractivity contribution in [2.75, 3.05) is 6.54 Å². The van der Waals surface area contributed by atoms with Gasteiger partial charge in [0.15, 0.2) is 0 Å². The lowest BCUT2D eigenvalue weighted by atomic mass is 10.1. The quantitative estimate of drug-likeness (QED) is 0.839. The van der Waals surface area contributed by atoms with Gasteiger partial charge >= 0.3 is 0 Å². The Labute approximate surface area is 105 Å². The lowest BCUT2D eigenvalue weighted by Crippen LogP contribution is -2.45. The molecule has 1 aromatic carbocycles. The molecule has 0 aliphatic carbocycles. The van der Waals surface area contributed by atoms with Crippen molar-refractivity contribution >= 4 is 5.91 Å². The van der Waals surface area contributed by atoms with Gasteiger partial charge in [-0.1, -0.05) is 0 Å². The minimum Gasteiger partial charge on any atom is -0.355 e. The molecule has 1 aromatic rings. The average molecular weight is 247 g/mol. The summed E-state index contributed by atoms with van der Waals surface area (Å²) in [6.45, 7) is 0.931. The lowest BCUT2D eigenvalue weighted by molar-refractivity contribution is -0.122. The summed E-state index contributed by atoms with van der Waals surface area (Å²) in [4.78, 5) is 11.0. The van der Waals surface area contributed by atoms with E-state index in [2.05, 4.69) is 10.6 Å². The molecule has 2 N–H and O–H groups in total. The molecule has 2 rings (SSSR count). The van der Waals surface area contributed by atoms with E-state index in [0.717, 1.165) is 6.42 Å². The van der Waals surface area contributed by atoms with Crippen LogP contribution in [0.2, 0.25) is 0 Å². The molecule has 0 bridgehead atoms. The third-order valence-corrected chi connectivity index (χ3v) is 3.02. The maximum absolute atomic E-state index is 13.5. The van der Waals surface area contributed by atoms with Crippen LogP contribution in [0.1, 0.15) is 24.0 Å². The molecule has 1 heterocycles. The van der Waals surface area contributed by atoms with Crippen LogP contribution < -0.4 is 10.6 Å². The van der Waals surface area contributed by atoms with Crippen LogP contribution in [0.25, 0.3) is 0 Å². The molecule has 5 heteroatoms. The van der Waals surface area contributed by atoms with E-state index in [1.165, 1.54) is 12.1 Å². The highest BCUT2D eigenvalue weighted by molar-refractivity contribution is 5.76. The van der Waals surface area contributed by atoms with Crippen molar-refractivity contribution in [3.05, 3.63) is 35.1 Å². The molecule has 94 valence electrons. The third-order valence-electron chi connectivity index (χ3n) is 3.02. The third kappa shape index (κ3) is 3.05. The first-order valence-electron chi connectivity index (χ1n) is 5.87. The minimum absolute atomic E-state index is 0.0608. The van der Waals surface area contributed by atoms with Gasteiger partial charge in [-0.05, 0) is 24.6 Å². The van der Waals surface area contributed by atoms with Crippen LogP contribution in [-0.2, 0) is 11.3 Å². The van der Waals surface area contributed by atoms with Crippen LogP contribution >= 0.6 is 0 Å². The number of hydrogen-bond donors (Lipinski definition) is 2. The fourth-order valence-electron chi connectivity index (χ4n) is 1.94. The van der Waals surface area contributed by atoms with E-state index in [1.54, 1.807) is 6.07 Å². The zero-order valence-electron chi connectivity index (χ0n) is 9.87. The summed E-state index contributed by atoms with van der Waals surface area (Å²) in [7, 11) is 0. The van der Waals surface area contributed by atoms with E-state index in [9.17, 15) is 9.18 Å². The van der Waals surface area contributed by atoms with Gasteiger partial charge in [0.25, 0.3) is 0 Å². The number of piperidine rings is 1. The molecule has 1 amide bonds. The topological polar surface area (TPSA) is 64.9 Å². The summed E-state index contributed by atoms with van der Waals surface area (Å²) >= 11 is 0. The molecular formula is C13H14FN3O. The molecule has 0 aromatic heterocycles. The summed E-state index contributed by atoms with van der Waals surface area (Å²) in [6, 6.07) is 6.45. The molecule has 1 atom stereocenters. The van der Waals surface area contributed by atoms with E-state index >= 15 is 0 Å².